The normalized spacial score (nSPS) is 10.3. The first-order chi connectivity index (χ1) is 8.16. The maximum Gasteiger partial charge on any atom is 0.149 e. The summed E-state index contributed by atoms with van der Waals surface area (Å²) in [6, 6.07) is 5.59. The predicted octanol–water partition coefficient (Wildman–Crippen LogP) is 3.73. The zero-order chi connectivity index (χ0) is 12.3. The second-order valence-corrected chi connectivity index (χ2v) is 4.38. The SMILES string of the molecule is Fc1cccc(F)c1NCc1cncc(Br)c1. The highest BCUT2D eigenvalue weighted by atomic mass is 79.9. The smallest absolute Gasteiger partial charge is 0.149 e. The Morgan fingerprint density at radius 3 is 2.53 bits per heavy atom. The van der Waals surface area contributed by atoms with Crippen LogP contribution in [0.2, 0.25) is 0 Å². The summed E-state index contributed by atoms with van der Waals surface area (Å²) in [7, 11) is 0. The Labute approximate surface area is 106 Å². The lowest BCUT2D eigenvalue weighted by atomic mass is 10.2. The largest absolute Gasteiger partial charge is 0.376 e. The number of aromatic nitrogens is 1. The molecule has 0 spiro atoms. The van der Waals surface area contributed by atoms with Crippen LogP contribution in [-0.4, -0.2) is 4.98 Å². The van der Waals surface area contributed by atoms with Crippen molar-refractivity contribution in [2.45, 2.75) is 6.54 Å². The van der Waals surface area contributed by atoms with Gasteiger partial charge in [0.1, 0.15) is 17.3 Å². The Hall–Kier alpha value is -1.49. The van der Waals surface area contributed by atoms with E-state index in [1.54, 1.807) is 12.4 Å². The highest BCUT2D eigenvalue weighted by Crippen LogP contribution is 2.19. The molecule has 17 heavy (non-hydrogen) atoms. The number of nitrogens with one attached hydrogen (secondary N) is 1. The summed E-state index contributed by atoms with van der Waals surface area (Å²) in [5.74, 6) is -1.21. The molecule has 0 bridgehead atoms. The second-order valence-electron chi connectivity index (χ2n) is 3.46. The molecule has 1 heterocycles. The predicted molar refractivity (Wildman–Crippen MR) is 65.6 cm³/mol. The van der Waals surface area contributed by atoms with Crippen molar-refractivity contribution >= 4 is 21.6 Å². The molecule has 0 fully saturated rings. The molecular weight excluding hydrogens is 290 g/mol. The van der Waals surface area contributed by atoms with E-state index in [0.29, 0.717) is 6.54 Å². The lowest BCUT2D eigenvalue weighted by Gasteiger charge is -2.08. The average molecular weight is 299 g/mol. The molecule has 2 nitrogen and oxygen atoms in total. The molecule has 2 aromatic rings. The fourth-order valence-corrected chi connectivity index (χ4v) is 1.82. The van der Waals surface area contributed by atoms with Crippen LogP contribution >= 0.6 is 15.9 Å². The highest BCUT2D eigenvalue weighted by Gasteiger charge is 2.07. The molecule has 5 heteroatoms. The number of hydrogen-bond acceptors (Lipinski definition) is 2. The molecule has 0 unspecified atom stereocenters. The molecular formula is C12H9BrF2N2. The fourth-order valence-electron chi connectivity index (χ4n) is 1.41. The van der Waals surface area contributed by atoms with Crippen molar-refractivity contribution in [3.05, 3.63) is 58.3 Å². The van der Waals surface area contributed by atoms with Gasteiger partial charge < -0.3 is 5.32 Å². The number of benzene rings is 1. The summed E-state index contributed by atoms with van der Waals surface area (Å²) < 4.78 is 27.4. The van der Waals surface area contributed by atoms with E-state index in [1.807, 2.05) is 6.07 Å². The topological polar surface area (TPSA) is 24.9 Å². The third-order valence-electron chi connectivity index (χ3n) is 2.19. The first-order valence-electron chi connectivity index (χ1n) is 4.94. The maximum atomic E-state index is 13.3. The van der Waals surface area contributed by atoms with Gasteiger partial charge in [-0.25, -0.2) is 8.78 Å². The average Bonchev–Trinajstić information content (AvgIpc) is 2.28. The Kier molecular flexibility index (Phi) is 3.68. The molecule has 0 aliphatic heterocycles. The Morgan fingerprint density at radius 1 is 1.18 bits per heavy atom. The van der Waals surface area contributed by atoms with Gasteiger partial charge in [0.25, 0.3) is 0 Å². The first-order valence-corrected chi connectivity index (χ1v) is 5.73. The summed E-state index contributed by atoms with van der Waals surface area (Å²) in [5.41, 5.74) is 0.717. The molecule has 2 rings (SSSR count). The van der Waals surface area contributed by atoms with Crippen LogP contribution in [0.1, 0.15) is 5.56 Å². The van der Waals surface area contributed by atoms with Gasteiger partial charge in [0.15, 0.2) is 0 Å². The van der Waals surface area contributed by atoms with Gasteiger partial charge in [-0.1, -0.05) is 6.07 Å². The number of hydrogen-bond donors (Lipinski definition) is 1. The monoisotopic (exact) mass is 298 g/mol. The molecule has 1 aromatic carbocycles. The Morgan fingerprint density at radius 2 is 1.88 bits per heavy atom. The van der Waals surface area contributed by atoms with Gasteiger partial charge in [0, 0.05) is 23.4 Å². The molecule has 0 radical (unpaired) electrons. The number of para-hydroxylation sites is 1. The second kappa shape index (κ2) is 5.23. The number of anilines is 1. The number of nitrogens with zero attached hydrogens (tertiary/aromatic N) is 1. The van der Waals surface area contributed by atoms with E-state index in [-0.39, 0.29) is 5.69 Å². The van der Waals surface area contributed by atoms with Crippen LogP contribution in [0.3, 0.4) is 0 Å². The molecule has 1 N–H and O–H groups in total. The minimum atomic E-state index is -0.604. The van der Waals surface area contributed by atoms with Crippen molar-refractivity contribution in [2.75, 3.05) is 5.32 Å². The number of halogens is 3. The zero-order valence-corrected chi connectivity index (χ0v) is 10.3. The molecule has 0 aliphatic carbocycles. The highest BCUT2D eigenvalue weighted by molar-refractivity contribution is 9.10. The van der Waals surface area contributed by atoms with Crippen molar-refractivity contribution < 1.29 is 8.78 Å². The summed E-state index contributed by atoms with van der Waals surface area (Å²) in [4.78, 5) is 3.97. The maximum absolute atomic E-state index is 13.3. The van der Waals surface area contributed by atoms with E-state index >= 15 is 0 Å². The van der Waals surface area contributed by atoms with Crippen molar-refractivity contribution in [3.63, 3.8) is 0 Å². The summed E-state index contributed by atoms with van der Waals surface area (Å²) in [6.07, 6.45) is 3.28. The molecule has 0 aliphatic rings. The van der Waals surface area contributed by atoms with Crippen molar-refractivity contribution in [1.29, 1.82) is 0 Å². The zero-order valence-electron chi connectivity index (χ0n) is 8.75. The van der Waals surface area contributed by atoms with Gasteiger partial charge in [-0.3, -0.25) is 4.98 Å². The van der Waals surface area contributed by atoms with Crippen LogP contribution in [0.15, 0.2) is 41.1 Å². The third kappa shape index (κ3) is 3.00. The lowest BCUT2D eigenvalue weighted by Crippen LogP contribution is -2.04. The lowest BCUT2D eigenvalue weighted by molar-refractivity contribution is 0.588. The van der Waals surface area contributed by atoms with E-state index in [2.05, 4.69) is 26.2 Å². The molecule has 1 aromatic heterocycles. The summed E-state index contributed by atoms with van der Waals surface area (Å²) in [6.45, 7) is 0.310. The molecule has 0 saturated carbocycles. The van der Waals surface area contributed by atoms with Crippen LogP contribution in [0, 0.1) is 11.6 Å². The molecule has 0 saturated heterocycles. The number of rotatable bonds is 3. The van der Waals surface area contributed by atoms with Crippen LogP contribution in [0.5, 0.6) is 0 Å². The standard InChI is InChI=1S/C12H9BrF2N2/c13-9-4-8(5-16-7-9)6-17-12-10(14)2-1-3-11(12)15/h1-5,7,17H,6H2. The summed E-state index contributed by atoms with van der Waals surface area (Å²) >= 11 is 3.28. The van der Waals surface area contributed by atoms with Gasteiger partial charge in [-0.2, -0.15) is 0 Å². The van der Waals surface area contributed by atoms with Gasteiger partial charge in [0.2, 0.25) is 0 Å². The van der Waals surface area contributed by atoms with Gasteiger partial charge >= 0.3 is 0 Å². The van der Waals surface area contributed by atoms with Crippen molar-refractivity contribution in [3.8, 4) is 0 Å². The number of pyridine rings is 1. The fraction of sp³-hybridized carbons (Fsp3) is 0.0833. The van der Waals surface area contributed by atoms with Crippen LogP contribution in [0.25, 0.3) is 0 Å². The third-order valence-corrected chi connectivity index (χ3v) is 2.63. The summed E-state index contributed by atoms with van der Waals surface area (Å²) in [5, 5.41) is 2.71. The van der Waals surface area contributed by atoms with E-state index < -0.39 is 11.6 Å². The molecule has 88 valence electrons. The van der Waals surface area contributed by atoms with Gasteiger partial charge in [-0.05, 0) is 39.7 Å². The quantitative estimate of drug-likeness (QED) is 0.934. The Balaban J connectivity index is 2.13. The minimum absolute atomic E-state index is 0.118. The van der Waals surface area contributed by atoms with Crippen LogP contribution < -0.4 is 5.32 Å². The molecule has 0 amide bonds. The van der Waals surface area contributed by atoms with Crippen LogP contribution in [-0.2, 0) is 6.54 Å². The van der Waals surface area contributed by atoms with E-state index in [4.69, 9.17) is 0 Å². The minimum Gasteiger partial charge on any atom is -0.376 e. The van der Waals surface area contributed by atoms with Gasteiger partial charge in [0.05, 0.1) is 0 Å². The van der Waals surface area contributed by atoms with E-state index in [9.17, 15) is 8.78 Å². The van der Waals surface area contributed by atoms with E-state index in [0.717, 1.165) is 10.0 Å². The van der Waals surface area contributed by atoms with Crippen LogP contribution in [0.4, 0.5) is 14.5 Å². The Bertz CT molecular complexity index is 511. The first kappa shape index (κ1) is 12.0. The van der Waals surface area contributed by atoms with Gasteiger partial charge in [-0.15, -0.1) is 0 Å². The van der Waals surface area contributed by atoms with Crippen molar-refractivity contribution in [2.24, 2.45) is 0 Å². The van der Waals surface area contributed by atoms with Crippen molar-refractivity contribution in [1.82, 2.24) is 4.98 Å². The molecule has 0 atom stereocenters. The van der Waals surface area contributed by atoms with E-state index in [1.165, 1.54) is 18.2 Å².